The Morgan fingerprint density at radius 2 is 1.87 bits per heavy atom. The molecule has 166 valence electrons. The van der Waals surface area contributed by atoms with Crippen molar-refractivity contribution in [2.24, 2.45) is 0 Å². The fourth-order valence-corrected chi connectivity index (χ4v) is 3.66. The van der Waals surface area contributed by atoms with Gasteiger partial charge in [0, 0.05) is 38.3 Å². The Kier molecular flexibility index (Phi) is 8.83. The maximum Gasteiger partial charge on any atom is 0.172 e. The Morgan fingerprint density at radius 3 is 2.60 bits per heavy atom. The molecule has 2 heterocycles. The minimum Gasteiger partial charge on any atom is -0.497 e. The molecule has 1 fully saturated rings. The molecule has 1 aliphatic heterocycles. The van der Waals surface area contributed by atoms with E-state index >= 15 is 0 Å². The first-order chi connectivity index (χ1) is 14.7. The average molecular weight is 418 g/mol. The van der Waals surface area contributed by atoms with Crippen LogP contribution in [0.3, 0.4) is 0 Å². The highest BCUT2D eigenvalue weighted by Crippen LogP contribution is 2.35. The highest BCUT2D eigenvalue weighted by molar-refractivity contribution is 5.69. The van der Waals surface area contributed by atoms with E-state index in [-0.39, 0.29) is 0 Å². The van der Waals surface area contributed by atoms with Gasteiger partial charge in [-0.1, -0.05) is 5.16 Å². The van der Waals surface area contributed by atoms with Gasteiger partial charge in [0.15, 0.2) is 11.6 Å². The summed E-state index contributed by atoms with van der Waals surface area (Å²) in [5.74, 6) is 3.09. The lowest BCUT2D eigenvalue weighted by atomic mass is 10.1. The van der Waals surface area contributed by atoms with Crippen LogP contribution >= 0.6 is 0 Å². The molecular formula is C23H35N3O4. The van der Waals surface area contributed by atoms with Gasteiger partial charge in [0.1, 0.15) is 11.5 Å². The van der Waals surface area contributed by atoms with Gasteiger partial charge in [-0.15, -0.1) is 0 Å². The summed E-state index contributed by atoms with van der Waals surface area (Å²) in [7, 11) is 1.66. The van der Waals surface area contributed by atoms with Crippen molar-refractivity contribution in [3.05, 3.63) is 24.3 Å². The van der Waals surface area contributed by atoms with Crippen molar-refractivity contribution in [1.29, 1.82) is 0 Å². The number of anilines is 1. The predicted octanol–water partition coefficient (Wildman–Crippen LogP) is 4.08. The minimum atomic E-state index is 0.667. The van der Waals surface area contributed by atoms with Crippen LogP contribution in [0.25, 0.3) is 11.3 Å². The lowest BCUT2D eigenvalue weighted by molar-refractivity contribution is 0.0370. The number of hydrogen-bond donors (Lipinski definition) is 0. The molecule has 0 radical (unpaired) electrons. The maximum atomic E-state index is 6.13. The van der Waals surface area contributed by atoms with Gasteiger partial charge >= 0.3 is 0 Å². The molecule has 30 heavy (non-hydrogen) atoms. The van der Waals surface area contributed by atoms with Crippen LogP contribution < -0.4 is 14.4 Å². The van der Waals surface area contributed by atoms with Crippen molar-refractivity contribution in [3.8, 4) is 22.8 Å². The molecule has 2 aromatic rings. The third-order valence-corrected chi connectivity index (χ3v) is 5.52. The van der Waals surface area contributed by atoms with Gasteiger partial charge in [0.2, 0.25) is 0 Å². The molecule has 0 N–H and O–H groups in total. The molecule has 0 spiro atoms. The zero-order valence-corrected chi connectivity index (χ0v) is 18.6. The van der Waals surface area contributed by atoms with E-state index in [1.165, 1.54) is 6.42 Å². The van der Waals surface area contributed by atoms with E-state index in [1.807, 2.05) is 24.3 Å². The van der Waals surface area contributed by atoms with Gasteiger partial charge in [-0.2, -0.15) is 0 Å². The Morgan fingerprint density at radius 1 is 1.07 bits per heavy atom. The number of methoxy groups -OCH3 is 1. The topological polar surface area (TPSA) is 60.2 Å². The van der Waals surface area contributed by atoms with Crippen LogP contribution in [0, 0.1) is 0 Å². The molecule has 0 amide bonds. The van der Waals surface area contributed by atoms with Gasteiger partial charge in [-0.3, -0.25) is 4.90 Å². The predicted molar refractivity (Wildman–Crippen MR) is 119 cm³/mol. The number of unbranched alkanes of at least 4 members (excludes halogenated alkanes) is 2. The number of hydrogen-bond acceptors (Lipinski definition) is 7. The first-order valence-electron chi connectivity index (χ1n) is 11.1. The zero-order valence-electron chi connectivity index (χ0n) is 18.6. The molecule has 7 nitrogen and oxygen atoms in total. The molecule has 1 saturated heterocycles. The molecule has 1 aromatic carbocycles. The van der Waals surface area contributed by atoms with Crippen molar-refractivity contribution in [3.63, 3.8) is 0 Å². The highest BCUT2D eigenvalue weighted by Gasteiger charge is 2.16. The maximum absolute atomic E-state index is 6.13. The summed E-state index contributed by atoms with van der Waals surface area (Å²) >= 11 is 0. The lowest BCUT2D eigenvalue weighted by Crippen LogP contribution is -2.36. The van der Waals surface area contributed by atoms with E-state index in [0.717, 1.165) is 81.7 Å². The van der Waals surface area contributed by atoms with Crippen molar-refractivity contribution < 1.29 is 18.7 Å². The van der Waals surface area contributed by atoms with Gasteiger partial charge in [0.25, 0.3) is 0 Å². The number of morpholine rings is 1. The van der Waals surface area contributed by atoms with Crippen LogP contribution in [0.2, 0.25) is 0 Å². The second kappa shape index (κ2) is 11.8. The Balaban J connectivity index is 1.55. The summed E-state index contributed by atoms with van der Waals surface area (Å²) in [4.78, 5) is 4.63. The number of nitrogens with zero attached hydrogens (tertiary/aromatic N) is 3. The third kappa shape index (κ3) is 6.12. The fourth-order valence-electron chi connectivity index (χ4n) is 3.66. The van der Waals surface area contributed by atoms with E-state index in [1.54, 1.807) is 7.11 Å². The molecule has 0 aliphatic carbocycles. The normalized spacial score (nSPS) is 14.6. The molecule has 0 bridgehead atoms. The van der Waals surface area contributed by atoms with Crippen LogP contribution in [-0.4, -0.2) is 69.7 Å². The Hall–Kier alpha value is -2.25. The van der Waals surface area contributed by atoms with Gasteiger partial charge in [-0.05, 0) is 51.8 Å². The van der Waals surface area contributed by atoms with Crippen molar-refractivity contribution >= 4 is 5.82 Å². The van der Waals surface area contributed by atoms with Crippen LogP contribution in [0.1, 0.15) is 33.1 Å². The van der Waals surface area contributed by atoms with Crippen molar-refractivity contribution in [2.45, 2.75) is 33.1 Å². The third-order valence-electron chi connectivity index (χ3n) is 5.52. The molecular weight excluding hydrogens is 382 g/mol. The average Bonchev–Trinajstić information content (AvgIpc) is 3.27. The standard InChI is InChI=1S/C23H35N3O4/c1-4-26(5-2)23-18-22(30-24-23)20-10-9-19(27-3)17-21(20)29-14-8-6-7-11-25-12-15-28-16-13-25/h9-10,17-18H,4-8,11-16H2,1-3H3. The van der Waals surface area contributed by atoms with E-state index in [9.17, 15) is 0 Å². The van der Waals surface area contributed by atoms with E-state index in [2.05, 4.69) is 28.8 Å². The Bertz CT molecular complexity index is 755. The van der Waals surface area contributed by atoms with Gasteiger partial charge in [0.05, 0.1) is 32.5 Å². The van der Waals surface area contributed by atoms with Crippen LogP contribution in [0.15, 0.2) is 28.8 Å². The number of rotatable bonds is 12. The summed E-state index contributed by atoms with van der Waals surface area (Å²) in [6.45, 7) is 11.6. The Labute approximate surface area is 179 Å². The molecule has 1 aromatic heterocycles. The number of ether oxygens (including phenoxy) is 3. The van der Waals surface area contributed by atoms with E-state index in [4.69, 9.17) is 18.7 Å². The second-order valence-electron chi connectivity index (χ2n) is 7.45. The van der Waals surface area contributed by atoms with E-state index in [0.29, 0.717) is 12.4 Å². The van der Waals surface area contributed by atoms with E-state index < -0.39 is 0 Å². The number of aromatic nitrogens is 1. The zero-order chi connectivity index (χ0) is 21.2. The molecule has 3 rings (SSSR count). The summed E-state index contributed by atoms with van der Waals surface area (Å²) in [6.07, 6.45) is 3.34. The first kappa shape index (κ1) is 22.4. The summed E-state index contributed by atoms with van der Waals surface area (Å²) in [5.41, 5.74) is 0.898. The summed E-state index contributed by atoms with van der Waals surface area (Å²) in [6, 6.07) is 7.79. The molecule has 0 atom stereocenters. The fraction of sp³-hybridized carbons (Fsp3) is 0.609. The molecule has 0 unspecified atom stereocenters. The highest BCUT2D eigenvalue weighted by atomic mass is 16.5. The van der Waals surface area contributed by atoms with Gasteiger partial charge in [-0.25, -0.2) is 0 Å². The van der Waals surface area contributed by atoms with Crippen LogP contribution in [0.4, 0.5) is 5.82 Å². The van der Waals surface area contributed by atoms with Crippen molar-refractivity contribution in [2.75, 3.05) is 64.6 Å². The molecule has 0 saturated carbocycles. The molecule has 1 aliphatic rings. The minimum absolute atomic E-state index is 0.667. The SMILES string of the molecule is CCN(CC)c1cc(-c2ccc(OC)cc2OCCCCCN2CCOCC2)on1. The van der Waals surface area contributed by atoms with Crippen molar-refractivity contribution in [1.82, 2.24) is 10.1 Å². The quantitative estimate of drug-likeness (QED) is 0.482. The summed E-state index contributed by atoms with van der Waals surface area (Å²) in [5, 5.41) is 4.23. The number of benzene rings is 1. The second-order valence-corrected chi connectivity index (χ2v) is 7.45. The largest absolute Gasteiger partial charge is 0.497 e. The smallest absolute Gasteiger partial charge is 0.172 e. The van der Waals surface area contributed by atoms with Crippen LogP contribution in [0.5, 0.6) is 11.5 Å². The monoisotopic (exact) mass is 417 g/mol. The van der Waals surface area contributed by atoms with Crippen LogP contribution in [-0.2, 0) is 4.74 Å². The lowest BCUT2D eigenvalue weighted by Gasteiger charge is -2.26. The molecule has 7 heteroatoms. The summed E-state index contributed by atoms with van der Waals surface area (Å²) < 4.78 is 22.6. The van der Waals surface area contributed by atoms with Gasteiger partial charge < -0.3 is 23.6 Å². The first-order valence-corrected chi connectivity index (χ1v) is 11.1.